The third-order valence-corrected chi connectivity index (χ3v) is 9.42. The van der Waals surface area contributed by atoms with E-state index >= 15 is 0 Å². The van der Waals surface area contributed by atoms with Crippen LogP contribution in [-0.2, 0) is 16.0 Å². The third kappa shape index (κ3) is 5.41. The minimum Gasteiger partial charge on any atom is -0.436 e. The number of carbonyl (C=O) groups excluding carboxylic acids is 2. The number of fused-ring (bicyclic) bond motifs is 3. The van der Waals surface area contributed by atoms with Gasteiger partial charge in [-0.2, -0.15) is 0 Å². The van der Waals surface area contributed by atoms with Crippen LogP contribution in [0.2, 0.25) is 0 Å². The number of H-pyrrole nitrogens is 1. The zero-order valence-electron chi connectivity index (χ0n) is 24.6. The molecule has 2 N–H and O–H groups in total. The van der Waals surface area contributed by atoms with Crippen LogP contribution in [0.1, 0.15) is 30.9 Å². The minimum atomic E-state index is -0.985. The number of hydrogen-bond donors (Lipinski definition) is 2. The number of nitrogens with zero attached hydrogens (tertiary/aromatic N) is 4. The third-order valence-electron chi connectivity index (χ3n) is 9.42. The summed E-state index contributed by atoms with van der Waals surface area (Å²) in [6, 6.07) is 17.5. The number of carbonyl (C=O) groups is 2. The fourth-order valence-electron chi connectivity index (χ4n) is 6.82. The van der Waals surface area contributed by atoms with E-state index in [1.165, 1.54) is 0 Å². The summed E-state index contributed by atoms with van der Waals surface area (Å²) in [6.07, 6.45) is 0.779. The molecule has 12 heteroatoms. The zero-order valence-corrected chi connectivity index (χ0v) is 24.6. The smallest absolute Gasteiger partial charge is 0.410 e. The van der Waals surface area contributed by atoms with Gasteiger partial charge in [0.2, 0.25) is 0 Å². The van der Waals surface area contributed by atoms with E-state index in [-0.39, 0.29) is 24.1 Å². The Bertz CT molecular complexity index is 1780. The highest BCUT2D eigenvalue weighted by molar-refractivity contribution is 6.48. The molecular weight excluding hydrogens is 554 g/mol. The maximum atomic E-state index is 13.8. The molecule has 1 aromatic heterocycles. The summed E-state index contributed by atoms with van der Waals surface area (Å²) >= 11 is 0. The number of nitrogens with one attached hydrogen (secondary N) is 2. The average molecular weight is 588 g/mol. The molecule has 0 bridgehead atoms. The Balaban J connectivity index is 1.05. The van der Waals surface area contributed by atoms with E-state index < -0.39 is 12.2 Å². The van der Waals surface area contributed by atoms with E-state index in [1.807, 2.05) is 47.0 Å². The normalized spacial score (nSPS) is 20.2. The number of amides is 2. The Morgan fingerprint density at radius 2 is 1.66 bits per heavy atom. The molecule has 44 heavy (non-hydrogen) atoms. The largest absolute Gasteiger partial charge is 0.436 e. The number of rotatable bonds is 6. The lowest BCUT2D eigenvalue weighted by atomic mass is 9.79. The predicted molar refractivity (Wildman–Crippen MR) is 171 cm³/mol. The van der Waals surface area contributed by atoms with Gasteiger partial charge in [-0.05, 0) is 36.3 Å². The van der Waals surface area contributed by atoms with Gasteiger partial charge in [0.1, 0.15) is 15.7 Å². The number of benzene rings is 3. The van der Waals surface area contributed by atoms with Gasteiger partial charge in [-0.1, -0.05) is 48.5 Å². The van der Waals surface area contributed by atoms with Crippen molar-refractivity contribution in [2.45, 2.75) is 43.9 Å². The lowest BCUT2D eigenvalue weighted by Crippen LogP contribution is -2.57. The summed E-state index contributed by atoms with van der Waals surface area (Å²) < 4.78 is 7.78. The van der Waals surface area contributed by atoms with Crippen LogP contribution in [-0.4, -0.2) is 104 Å². The van der Waals surface area contributed by atoms with E-state index in [0.29, 0.717) is 56.0 Å². The number of imidazole rings is 1. The summed E-state index contributed by atoms with van der Waals surface area (Å²) in [5.74, 6) is -0.197. The maximum absolute atomic E-state index is 13.8. The van der Waals surface area contributed by atoms with Crippen LogP contribution < -0.4 is 21.9 Å². The molecule has 3 saturated heterocycles. The standard InChI is InChI=1S/C32H34B2N6O4/c33-25-7-5-20(15-26(25)34)16-28(30(41)38-14-11-23(17-38)39-18-35-19-39)44-32(43)37-12-9-22(10-13-37)40-27-8-6-21-3-1-2-4-24(21)29(27)36-31(40)42/h1-8,15,22-23,28,35H,9-14,16-19H2,(H,36,42). The van der Waals surface area contributed by atoms with Gasteiger partial charge in [0, 0.05) is 50.1 Å². The monoisotopic (exact) mass is 588 g/mol. The molecule has 2 amide bonds. The van der Waals surface area contributed by atoms with Crippen LogP contribution in [0.15, 0.2) is 59.4 Å². The number of hydrogen-bond acceptors (Lipinski definition) is 6. The molecule has 10 nitrogen and oxygen atoms in total. The molecule has 0 spiro atoms. The first-order chi connectivity index (χ1) is 21.4. The highest BCUT2D eigenvalue weighted by Crippen LogP contribution is 2.29. The van der Waals surface area contributed by atoms with Gasteiger partial charge in [-0.25, -0.2) is 9.59 Å². The maximum Gasteiger partial charge on any atom is 0.410 e. The Hall–Kier alpha value is -4.02. The van der Waals surface area contributed by atoms with E-state index in [4.69, 9.17) is 20.4 Å². The fraction of sp³-hybridized carbons (Fsp3) is 0.406. The number of aromatic amines is 1. The first-order valence-corrected chi connectivity index (χ1v) is 15.3. The summed E-state index contributed by atoms with van der Waals surface area (Å²) in [5.41, 5.74) is 3.20. The van der Waals surface area contributed by atoms with Gasteiger partial charge in [0.15, 0.2) is 6.10 Å². The minimum absolute atomic E-state index is 0.0610. The second-order valence-electron chi connectivity index (χ2n) is 12.1. The van der Waals surface area contributed by atoms with Gasteiger partial charge in [-0.15, -0.1) is 10.9 Å². The zero-order chi connectivity index (χ0) is 30.4. The molecule has 3 aliphatic heterocycles. The van der Waals surface area contributed by atoms with E-state index in [0.717, 1.165) is 47.1 Å². The highest BCUT2D eigenvalue weighted by Gasteiger charge is 2.37. The van der Waals surface area contributed by atoms with Crippen molar-refractivity contribution in [1.29, 1.82) is 0 Å². The number of ether oxygens (including phenoxy) is 1. The molecule has 7 rings (SSSR count). The van der Waals surface area contributed by atoms with Crippen molar-refractivity contribution < 1.29 is 14.3 Å². The quantitative estimate of drug-likeness (QED) is 0.325. The Kier molecular flexibility index (Phi) is 7.72. The van der Waals surface area contributed by atoms with Gasteiger partial charge >= 0.3 is 11.8 Å². The first-order valence-electron chi connectivity index (χ1n) is 15.3. The van der Waals surface area contributed by atoms with Crippen molar-refractivity contribution in [3.05, 3.63) is 70.6 Å². The van der Waals surface area contributed by atoms with Gasteiger partial charge in [-0.3, -0.25) is 19.6 Å². The summed E-state index contributed by atoms with van der Waals surface area (Å²) in [5, 5.41) is 5.32. The molecule has 4 aromatic rings. The Morgan fingerprint density at radius 3 is 2.41 bits per heavy atom. The van der Waals surface area contributed by atoms with Crippen LogP contribution in [0.5, 0.6) is 0 Å². The summed E-state index contributed by atoms with van der Waals surface area (Å²) in [4.78, 5) is 49.1. The fourth-order valence-corrected chi connectivity index (χ4v) is 6.82. The first kappa shape index (κ1) is 28.7. The van der Waals surface area contributed by atoms with E-state index in [1.54, 1.807) is 21.9 Å². The van der Waals surface area contributed by atoms with Crippen LogP contribution >= 0.6 is 0 Å². The SMILES string of the molecule is [B]c1ccc(CC(OC(=O)N2CCC(n3c(=O)[nH]c4c5ccccc5ccc43)CC2)C(=O)N2CCC(N3CNC3)C2)cc1[B]. The van der Waals surface area contributed by atoms with E-state index in [2.05, 4.69) is 15.2 Å². The van der Waals surface area contributed by atoms with Gasteiger partial charge in [0.05, 0.1) is 24.4 Å². The van der Waals surface area contributed by atoms with Crippen molar-refractivity contribution in [2.24, 2.45) is 0 Å². The van der Waals surface area contributed by atoms with Gasteiger partial charge < -0.3 is 19.5 Å². The van der Waals surface area contributed by atoms with Crippen LogP contribution in [0.3, 0.4) is 0 Å². The molecule has 222 valence electrons. The number of aromatic nitrogens is 2. The lowest BCUT2D eigenvalue weighted by molar-refractivity contribution is -0.140. The molecule has 3 aliphatic rings. The molecule has 4 heterocycles. The summed E-state index contributed by atoms with van der Waals surface area (Å²) in [6.45, 7) is 3.72. The van der Waals surface area contributed by atoms with Crippen LogP contribution in [0.25, 0.3) is 21.8 Å². The summed E-state index contributed by atoms with van der Waals surface area (Å²) in [7, 11) is 11.9. The van der Waals surface area contributed by atoms with Crippen molar-refractivity contribution in [2.75, 3.05) is 39.5 Å². The Morgan fingerprint density at radius 1 is 0.909 bits per heavy atom. The van der Waals surface area contributed by atoms with Crippen molar-refractivity contribution in [3.63, 3.8) is 0 Å². The molecule has 2 atom stereocenters. The molecule has 3 aromatic carbocycles. The molecule has 4 radical (unpaired) electrons. The average Bonchev–Trinajstić information content (AvgIpc) is 3.62. The molecule has 3 fully saturated rings. The predicted octanol–water partition coefficient (Wildman–Crippen LogP) is 0.876. The molecule has 0 aliphatic carbocycles. The Labute approximate surface area is 258 Å². The van der Waals surface area contributed by atoms with Crippen LogP contribution in [0.4, 0.5) is 4.79 Å². The van der Waals surface area contributed by atoms with E-state index in [9.17, 15) is 14.4 Å². The second-order valence-corrected chi connectivity index (χ2v) is 12.1. The lowest BCUT2D eigenvalue weighted by Gasteiger charge is -2.37. The molecular formula is C32H34B2N6O4. The molecule has 0 saturated carbocycles. The topological polar surface area (TPSA) is 103 Å². The van der Waals surface area contributed by atoms with Crippen molar-refractivity contribution in [3.8, 4) is 0 Å². The van der Waals surface area contributed by atoms with Crippen LogP contribution in [0, 0.1) is 0 Å². The van der Waals surface area contributed by atoms with Crippen molar-refractivity contribution in [1.82, 2.24) is 29.6 Å². The highest BCUT2D eigenvalue weighted by atomic mass is 16.6. The number of piperidine rings is 1. The number of likely N-dealkylation sites (tertiary alicyclic amines) is 2. The molecule has 2 unspecified atom stereocenters. The second kappa shape index (κ2) is 11.8. The van der Waals surface area contributed by atoms with Gasteiger partial charge in [0.25, 0.3) is 5.91 Å². The van der Waals surface area contributed by atoms with Crippen molar-refractivity contribution >= 4 is 60.4 Å².